The maximum atomic E-state index is 5.83. The highest BCUT2D eigenvalue weighted by Gasteiger charge is 2.19. The van der Waals surface area contributed by atoms with E-state index in [1.807, 2.05) is 6.92 Å². The predicted molar refractivity (Wildman–Crippen MR) is 91.7 cm³/mol. The molecule has 0 amide bonds. The van der Waals surface area contributed by atoms with Gasteiger partial charge in [0.05, 0.1) is 10.2 Å². The van der Waals surface area contributed by atoms with E-state index in [4.69, 9.17) is 9.72 Å². The van der Waals surface area contributed by atoms with Crippen LogP contribution in [-0.4, -0.2) is 23.1 Å². The lowest BCUT2D eigenvalue weighted by Gasteiger charge is -2.19. The zero-order chi connectivity index (χ0) is 15.8. The first kappa shape index (κ1) is 18.4. The first-order valence-corrected chi connectivity index (χ1v) is 8.74. The van der Waals surface area contributed by atoms with Gasteiger partial charge in [-0.15, -0.1) is 0 Å². The Morgan fingerprint density at radius 1 is 1.19 bits per heavy atom. The molecule has 1 atom stereocenters. The third-order valence-electron chi connectivity index (χ3n) is 3.09. The summed E-state index contributed by atoms with van der Waals surface area (Å²) in [5, 5.41) is 3.32. The van der Waals surface area contributed by atoms with Crippen molar-refractivity contribution < 1.29 is 4.74 Å². The van der Waals surface area contributed by atoms with Crippen molar-refractivity contribution in [3.63, 3.8) is 0 Å². The van der Waals surface area contributed by atoms with Crippen molar-refractivity contribution in [3.05, 3.63) is 16.0 Å². The molecule has 0 aliphatic heterocycles. The second-order valence-corrected chi connectivity index (χ2v) is 6.35. The first-order valence-electron chi connectivity index (χ1n) is 7.95. The molecule has 1 unspecified atom stereocenters. The van der Waals surface area contributed by atoms with Gasteiger partial charge < -0.3 is 10.1 Å². The van der Waals surface area contributed by atoms with E-state index in [2.05, 4.69) is 53.9 Å². The summed E-state index contributed by atoms with van der Waals surface area (Å²) >= 11 is 3.64. The fourth-order valence-corrected chi connectivity index (χ4v) is 2.69. The number of rotatable bonds is 9. The van der Waals surface area contributed by atoms with E-state index >= 15 is 0 Å². The normalized spacial score (nSPS) is 12.7. The molecule has 1 aromatic heterocycles. The number of halogens is 1. The van der Waals surface area contributed by atoms with Gasteiger partial charge in [0, 0.05) is 13.2 Å². The van der Waals surface area contributed by atoms with Crippen LogP contribution in [0, 0.1) is 5.92 Å². The van der Waals surface area contributed by atoms with Crippen LogP contribution in [0.5, 0.6) is 0 Å². The minimum Gasteiger partial charge on any atom is -0.371 e. The Bertz CT molecular complexity index is 432. The number of ether oxygens (including phenoxy) is 1. The van der Waals surface area contributed by atoms with Crippen LogP contribution in [-0.2, 0) is 11.2 Å². The number of nitrogens with zero attached hydrogens (tertiary/aromatic N) is 2. The Balaban J connectivity index is 3.19. The van der Waals surface area contributed by atoms with Gasteiger partial charge >= 0.3 is 0 Å². The van der Waals surface area contributed by atoms with Gasteiger partial charge in [-0.25, -0.2) is 9.97 Å². The topological polar surface area (TPSA) is 47.0 Å². The van der Waals surface area contributed by atoms with Gasteiger partial charge in [0.2, 0.25) is 0 Å². The summed E-state index contributed by atoms with van der Waals surface area (Å²) < 4.78 is 6.81. The smallest absolute Gasteiger partial charge is 0.159 e. The average Bonchev–Trinajstić information content (AvgIpc) is 2.42. The molecule has 1 heterocycles. The quantitative estimate of drug-likeness (QED) is 0.692. The molecule has 5 heteroatoms. The van der Waals surface area contributed by atoms with Crippen molar-refractivity contribution in [1.82, 2.24) is 9.97 Å². The molecule has 0 radical (unpaired) electrons. The molecule has 4 nitrogen and oxygen atoms in total. The maximum Gasteiger partial charge on any atom is 0.159 e. The van der Waals surface area contributed by atoms with Crippen molar-refractivity contribution in [2.45, 2.75) is 60.0 Å². The Labute approximate surface area is 137 Å². The molecule has 1 N–H and O–H groups in total. The molecule has 120 valence electrons. The zero-order valence-corrected chi connectivity index (χ0v) is 15.5. The molecule has 0 bridgehead atoms. The molecular weight excluding hydrogens is 330 g/mol. The maximum absolute atomic E-state index is 5.83. The molecule has 0 aliphatic rings. The van der Waals surface area contributed by atoms with Gasteiger partial charge in [-0.1, -0.05) is 27.2 Å². The van der Waals surface area contributed by atoms with Gasteiger partial charge in [0.25, 0.3) is 0 Å². The van der Waals surface area contributed by atoms with E-state index in [1.54, 1.807) is 0 Å². The molecule has 21 heavy (non-hydrogen) atoms. The van der Waals surface area contributed by atoms with Crippen LogP contribution >= 0.6 is 15.9 Å². The molecular formula is C16H28BrN3O. The van der Waals surface area contributed by atoms with Crippen molar-refractivity contribution >= 4 is 21.7 Å². The number of nitrogens with one attached hydrogen (secondary N) is 1. The second kappa shape index (κ2) is 9.36. The summed E-state index contributed by atoms with van der Waals surface area (Å²) in [5.74, 6) is 2.22. The number of anilines is 1. The summed E-state index contributed by atoms with van der Waals surface area (Å²) in [6, 6.07) is 0. The number of hydrogen-bond acceptors (Lipinski definition) is 4. The number of hydrogen-bond donors (Lipinski definition) is 1. The summed E-state index contributed by atoms with van der Waals surface area (Å²) in [6.07, 6.45) is 2.92. The number of aromatic nitrogens is 2. The Hall–Kier alpha value is -0.680. The van der Waals surface area contributed by atoms with Crippen LogP contribution in [0.4, 0.5) is 5.82 Å². The van der Waals surface area contributed by atoms with Gasteiger partial charge in [0.15, 0.2) is 5.82 Å². The minimum absolute atomic E-state index is 0.0172. The van der Waals surface area contributed by atoms with Crippen molar-refractivity contribution in [2.24, 2.45) is 5.92 Å². The molecule has 1 aromatic rings. The van der Waals surface area contributed by atoms with E-state index < -0.39 is 0 Å². The lowest BCUT2D eigenvalue weighted by molar-refractivity contribution is 0.0492. The van der Waals surface area contributed by atoms with E-state index in [1.165, 1.54) is 0 Å². The fourth-order valence-electron chi connectivity index (χ4n) is 2.21. The minimum atomic E-state index is -0.0172. The van der Waals surface area contributed by atoms with Gasteiger partial charge in [-0.2, -0.15) is 0 Å². The standard InChI is InChI=1S/C16H28BrN3O/c1-6-9-13(21-8-3)15-19-12(10-11(4)5)14(17)16(20-15)18-7-2/h11,13H,6-10H2,1-5H3,(H,18,19,20). The van der Waals surface area contributed by atoms with Crippen LogP contribution in [0.1, 0.15) is 65.1 Å². The largest absolute Gasteiger partial charge is 0.371 e. The lowest BCUT2D eigenvalue weighted by Crippen LogP contribution is -2.14. The van der Waals surface area contributed by atoms with E-state index in [-0.39, 0.29) is 6.10 Å². The fraction of sp³-hybridized carbons (Fsp3) is 0.750. The Morgan fingerprint density at radius 2 is 1.90 bits per heavy atom. The SMILES string of the molecule is CCCC(OCC)c1nc(CC(C)C)c(Br)c(NCC)n1. The summed E-state index contributed by atoms with van der Waals surface area (Å²) in [5.41, 5.74) is 1.06. The van der Waals surface area contributed by atoms with E-state index in [0.717, 1.165) is 47.6 Å². The van der Waals surface area contributed by atoms with Crippen molar-refractivity contribution in [1.29, 1.82) is 0 Å². The van der Waals surface area contributed by atoms with Crippen LogP contribution < -0.4 is 5.32 Å². The van der Waals surface area contributed by atoms with Gasteiger partial charge in [0.1, 0.15) is 11.9 Å². The van der Waals surface area contributed by atoms with E-state index in [9.17, 15) is 0 Å². The summed E-state index contributed by atoms with van der Waals surface area (Å²) in [4.78, 5) is 9.44. The highest BCUT2D eigenvalue weighted by molar-refractivity contribution is 9.10. The molecule has 0 aromatic carbocycles. The highest BCUT2D eigenvalue weighted by atomic mass is 79.9. The molecule has 0 spiro atoms. The summed E-state index contributed by atoms with van der Waals surface area (Å²) in [6.45, 7) is 12.2. The second-order valence-electron chi connectivity index (χ2n) is 5.55. The molecule has 0 saturated heterocycles. The molecule has 0 saturated carbocycles. The molecule has 0 fully saturated rings. The third-order valence-corrected chi connectivity index (χ3v) is 3.92. The molecule has 1 rings (SSSR count). The van der Waals surface area contributed by atoms with Crippen LogP contribution in [0.3, 0.4) is 0 Å². The highest BCUT2D eigenvalue weighted by Crippen LogP contribution is 2.29. The van der Waals surface area contributed by atoms with Crippen LogP contribution in [0.15, 0.2) is 4.47 Å². The van der Waals surface area contributed by atoms with Crippen LogP contribution in [0.25, 0.3) is 0 Å². The van der Waals surface area contributed by atoms with Gasteiger partial charge in [-0.3, -0.25) is 0 Å². The average molecular weight is 358 g/mol. The van der Waals surface area contributed by atoms with Crippen LogP contribution in [0.2, 0.25) is 0 Å². The first-order chi connectivity index (χ1) is 10.0. The van der Waals surface area contributed by atoms with Crippen molar-refractivity contribution in [2.75, 3.05) is 18.5 Å². The Morgan fingerprint density at radius 3 is 2.43 bits per heavy atom. The van der Waals surface area contributed by atoms with E-state index in [0.29, 0.717) is 12.5 Å². The van der Waals surface area contributed by atoms with Gasteiger partial charge in [-0.05, 0) is 48.5 Å². The third kappa shape index (κ3) is 5.55. The zero-order valence-electron chi connectivity index (χ0n) is 13.9. The summed E-state index contributed by atoms with van der Waals surface area (Å²) in [7, 11) is 0. The molecule has 0 aliphatic carbocycles. The lowest BCUT2D eigenvalue weighted by atomic mass is 10.1. The Kier molecular flexibility index (Phi) is 8.19. The predicted octanol–water partition coefficient (Wildman–Crippen LogP) is 4.75. The van der Waals surface area contributed by atoms with Crippen molar-refractivity contribution in [3.8, 4) is 0 Å². The monoisotopic (exact) mass is 357 g/mol.